The summed E-state index contributed by atoms with van der Waals surface area (Å²) in [4.78, 5) is 16.6. The number of carbonyl (C=O) groups excluding carboxylic acids is 1. The number of anilines is 1. The quantitative estimate of drug-likeness (QED) is 0.265. The largest absolute Gasteiger partial charge is 0.507 e. The molecule has 8 heteroatoms. The molecule has 0 radical (unpaired) electrons. The third kappa shape index (κ3) is 4.38. The summed E-state index contributed by atoms with van der Waals surface area (Å²) in [5.41, 5.74) is 2.84. The lowest BCUT2D eigenvalue weighted by atomic mass is 10.2. The first-order valence-electron chi connectivity index (χ1n) is 8.56. The number of thiocarbonyl (C=S) groups is 1. The molecule has 0 atom stereocenters. The van der Waals surface area contributed by atoms with Crippen LogP contribution in [0.3, 0.4) is 0 Å². The number of benzene rings is 3. The molecule has 0 spiro atoms. The molecular weight excluding hydrogens is 501 g/mol. The molecule has 1 heterocycles. The van der Waals surface area contributed by atoms with Crippen LogP contribution < -0.4 is 10.6 Å². The number of carbonyl (C=O) groups is 1. The molecule has 4 aromatic rings. The number of phenols is 1. The van der Waals surface area contributed by atoms with Gasteiger partial charge in [-0.2, -0.15) is 0 Å². The number of oxazole rings is 1. The number of nitrogens with one attached hydrogen (secondary N) is 2. The second-order valence-corrected chi connectivity index (χ2v) is 7.79. The number of aromatic nitrogens is 1. The number of aromatic hydroxyl groups is 1. The van der Waals surface area contributed by atoms with Crippen LogP contribution in [0.1, 0.15) is 10.4 Å². The number of para-hydroxylation sites is 2. The van der Waals surface area contributed by atoms with Gasteiger partial charge in [-0.3, -0.25) is 10.1 Å². The molecule has 0 saturated heterocycles. The molecule has 1 aromatic heterocycles. The number of fused-ring (bicyclic) bond motifs is 1. The van der Waals surface area contributed by atoms with Crippen LogP contribution in [-0.2, 0) is 0 Å². The van der Waals surface area contributed by atoms with E-state index in [2.05, 4.69) is 38.2 Å². The van der Waals surface area contributed by atoms with Crippen LogP contribution in [0.4, 0.5) is 5.69 Å². The summed E-state index contributed by atoms with van der Waals surface area (Å²) in [7, 11) is 0. The highest BCUT2D eigenvalue weighted by molar-refractivity contribution is 14.1. The van der Waals surface area contributed by atoms with Crippen molar-refractivity contribution in [2.75, 3.05) is 5.32 Å². The van der Waals surface area contributed by atoms with Gasteiger partial charge in [-0.25, -0.2) is 4.98 Å². The third-order valence-corrected chi connectivity index (χ3v) is 5.04. The summed E-state index contributed by atoms with van der Waals surface area (Å²) in [6.07, 6.45) is 0. The van der Waals surface area contributed by atoms with Gasteiger partial charge in [0.2, 0.25) is 5.89 Å². The number of hydrogen-bond acceptors (Lipinski definition) is 5. The smallest absolute Gasteiger partial charge is 0.257 e. The molecule has 29 heavy (non-hydrogen) atoms. The molecule has 0 fully saturated rings. The van der Waals surface area contributed by atoms with Crippen LogP contribution >= 0.6 is 34.8 Å². The van der Waals surface area contributed by atoms with Crippen LogP contribution in [0.25, 0.3) is 22.6 Å². The van der Waals surface area contributed by atoms with Gasteiger partial charge < -0.3 is 14.8 Å². The summed E-state index contributed by atoms with van der Waals surface area (Å²) < 4.78 is 6.73. The van der Waals surface area contributed by atoms with Gasteiger partial charge in [0.1, 0.15) is 11.3 Å². The van der Waals surface area contributed by atoms with E-state index in [1.807, 2.05) is 36.4 Å². The van der Waals surface area contributed by atoms with Gasteiger partial charge >= 0.3 is 0 Å². The Bertz CT molecular complexity index is 1190. The van der Waals surface area contributed by atoms with Gasteiger partial charge in [0.05, 0.1) is 5.56 Å². The highest BCUT2D eigenvalue weighted by atomic mass is 127. The highest BCUT2D eigenvalue weighted by Gasteiger charge is 2.13. The lowest BCUT2D eigenvalue weighted by molar-refractivity contribution is 0.0977. The molecule has 4 rings (SSSR count). The lowest BCUT2D eigenvalue weighted by Gasteiger charge is -2.11. The van der Waals surface area contributed by atoms with Crippen molar-refractivity contribution in [3.8, 4) is 17.2 Å². The van der Waals surface area contributed by atoms with E-state index in [0.717, 1.165) is 3.57 Å². The maximum absolute atomic E-state index is 12.2. The average molecular weight is 515 g/mol. The highest BCUT2D eigenvalue weighted by Crippen LogP contribution is 2.33. The Morgan fingerprint density at radius 2 is 1.83 bits per heavy atom. The molecule has 1 amide bonds. The minimum absolute atomic E-state index is 0.0201. The number of amides is 1. The third-order valence-electron chi connectivity index (χ3n) is 4.11. The van der Waals surface area contributed by atoms with Gasteiger partial charge in [-0.1, -0.05) is 12.1 Å². The second-order valence-electron chi connectivity index (χ2n) is 6.13. The van der Waals surface area contributed by atoms with E-state index in [1.165, 1.54) is 6.07 Å². The van der Waals surface area contributed by atoms with Crippen molar-refractivity contribution in [3.05, 3.63) is 75.9 Å². The number of nitrogens with zero attached hydrogens (tertiary/aromatic N) is 1. The zero-order valence-electron chi connectivity index (χ0n) is 14.8. The Labute approximate surface area is 185 Å². The number of hydrogen-bond donors (Lipinski definition) is 3. The number of halogens is 1. The van der Waals surface area contributed by atoms with Crippen molar-refractivity contribution in [1.82, 2.24) is 10.3 Å². The first-order chi connectivity index (χ1) is 14.0. The predicted molar refractivity (Wildman–Crippen MR) is 124 cm³/mol. The zero-order chi connectivity index (χ0) is 20.4. The summed E-state index contributed by atoms with van der Waals surface area (Å²) in [6.45, 7) is 0. The van der Waals surface area contributed by atoms with E-state index in [-0.39, 0.29) is 16.8 Å². The molecular formula is C21H14IN3O3S. The minimum atomic E-state index is -0.314. The predicted octanol–water partition coefficient (Wildman–Crippen LogP) is 4.93. The van der Waals surface area contributed by atoms with Gasteiger partial charge in [-0.05, 0) is 83.3 Å². The Kier molecular flexibility index (Phi) is 5.45. The van der Waals surface area contributed by atoms with Crippen LogP contribution in [0.2, 0.25) is 0 Å². The van der Waals surface area contributed by atoms with E-state index >= 15 is 0 Å². The topological polar surface area (TPSA) is 87.4 Å². The fourth-order valence-corrected chi connectivity index (χ4v) is 3.29. The van der Waals surface area contributed by atoms with Crippen molar-refractivity contribution >= 4 is 62.6 Å². The average Bonchev–Trinajstić information content (AvgIpc) is 3.12. The lowest BCUT2D eigenvalue weighted by Crippen LogP contribution is -2.34. The van der Waals surface area contributed by atoms with Gasteiger partial charge in [0.15, 0.2) is 10.7 Å². The van der Waals surface area contributed by atoms with Crippen molar-refractivity contribution in [3.63, 3.8) is 0 Å². The van der Waals surface area contributed by atoms with Gasteiger partial charge in [0.25, 0.3) is 5.91 Å². The molecule has 0 unspecified atom stereocenters. The summed E-state index contributed by atoms with van der Waals surface area (Å²) in [5, 5.41) is 16.0. The summed E-state index contributed by atoms with van der Waals surface area (Å²) in [5.74, 6) is -0.00984. The molecule has 3 N–H and O–H groups in total. The fraction of sp³-hybridized carbons (Fsp3) is 0. The van der Waals surface area contributed by atoms with E-state index in [4.69, 9.17) is 16.6 Å². The van der Waals surface area contributed by atoms with Crippen molar-refractivity contribution in [1.29, 1.82) is 0 Å². The number of phenolic OH excluding ortho intramolecular Hbond substituents is 1. The summed E-state index contributed by atoms with van der Waals surface area (Å²) in [6, 6.07) is 19.4. The normalized spacial score (nSPS) is 10.7. The molecule has 0 saturated carbocycles. The molecule has 144 valence electrons. The Balaban J connectivity index is 1.47. The van der Waals surface area contributed by atoms with Crippen molar-refractivity contribution in [2.24, 2.45) is 0 Å². The first-order valence-corrected chi connectivity index (χ1v) is 10.1. The Morgan fingerprint density at radius 1 is 1.07 bits per heavy atom. The zero-order valence-corrected chi connectivity index (χ0v) is 17.8. The maximum atomic E-state index is 12.2. The van der Waals surface area contributed by atoms with Crippen LogP contribution in [0, 0.1) is 3.57 Å². The van der Waals surface area contributed by atoms with E-state index in [9.17, 15) is 9.90 Å². The van der Waals surface area contributed by atoms with Gasteiger partial charge in [0, 0.05) is 20.9 Å². The van der Waals surface area contributed by atoms with Crippen molar-refractivity contribution in [2.45, 2.75) is 0 Å². The SMILES string of the molecule is O=C(NC(=S)Nc1ccc(-c2nc3ccccc3o2)c(O)c1)c1ccc(I)cc1. The molecule has 0 aliphatic heterocycles. The molecule has 0 aliphatic rings. The van der Waals surface area contributed by atoms with Crippen LogP contribution in [0.15, 0.2) is 71.1 Å². The van der Waals surface area contributed by atoms with E-state index in [1.54, 1.807) is 24.3 Å². The number of rotatable bonds is 3. The first kappa shape index (κ1) is 19.3. The Hall–Kier alpha value is -2.98. The molecule has 0 bridgehead atoms. The molecule has 0 aliphatic carbocycles. The molecule has 3 aromatic carbocycles. The van der Waals surface area contributed by atoms with Crippen LogP contribution in [-0.4, -0.2) is 21.1 Å². The Morgan fingerprint density at radius 3 is 2.55 bits per heavy atom. The standard InChI is InChI=1S/C21H14IN3O3S/c22-13-7-5-12(6-8-13)19(27)25-21(29)23-14-9-10-15(17(26)11-14)20-24-16-3-1-2-4-18(16)28-20/h1-11,26H,(H2,23,25,27,29). The van der Waals surface area contributed by atoms with Crippen LogP contribution in [0.5, 0.6) is 5.75 Å². The second kappa shape index (κ2) is 8.18. The fourth-order valence-electron chi connectivity index (χ4n) is 2.72. The molecule has 6 nitrogen and oxygen atoms in total. The van der Waals surface area contributed by atoms with Crippen molar-refractivity contribution < 1.29 is 14.3 Å². The maximum Gasteiger partial charge on any atom is 0.257 e. The summed E-state index contributed by atoms with van der Waals surface area (Å²) >= 11 is 7.36. The van der Waals surface area contributed by atoms with E-state index < -0.39 is 0 Å². The monoisotopic (exact) mass is 515 g/mol. The minimum Gasteiger partial charge on any atom is -0.507 e. The van der Waals surface area contributed by atoms with E-state index in [0.29, 0.717) is 33.8 Å². The van der Waals surface area contributed by atoms with Gasteiger partial charge in [-0.15, -0.1) is 0 Å².